The van der Waals surface area contributed by atoms with Gasteiger partial charge >= 0.3 is 0 Å². The Morgan fingerprint density at radius 2 is 2.00 bits per heavy atom. The van der Waals surface area contributed by atoms with Crippen LogP contribution >= 0.6 is 11.6 Å². The Morgan fingerprint density at radius 1 is 1.25 bits per heavy atom. The van der Waals surface area contributed by atoms with Crippen LogP contribution in [0.15, 0.2) is 30.3 Å². The lowest BCUT2D eigenvalue weighted by Crippen LogP contribution is -2.15. The van der Waals surface area contributed by atoms with Gasteiger partial charge in [0.2, 0.25) is 0 Å². The van der Waals surface area contributed by atoms with Crippen LogP contribution in [-0.4, -0.2) is 19.6 Å². The van der Waals surface area contributed by atoms with Crippen molar-refractivity contribution in [2.75, 3.05) is 19.0 Å². The molecule has 1 amide bonds. The normalized spacial score (nSPS) is 10.4. The monoisotopic (exact) mass is 347 g/mol. The molecule has 5 heteroatoms. The van der Waals surface area contributed by atoms with Gasteiger partial charge in [0, 0.05) is 11.3 Å². The Hall–Kier alpha value is -2.20. The fourth-order valence-electron chi connectivity index (χ4n) is 2.55. The molecule has 0 saturated heterocycles. The molecule has 1 N–H and O–H groups in total. The lowest BCUT2D eigenvalue weighted by molar-refractivity contribution is 0.102. The third kappa shape index (κ3) is 3.82. The minimum atomic E-state index is -0.232. The molecule has 0 bridgehead atoms. The Bertz CT molecular complexity index is 744. The van der Waals surface area contributed by atoms with Gasteiger partial charge in [-0.3, -0.25) is 4.79 Å². The first kappa shape index (κ1) is 18.1. The van der Waals surface area contributed by atoms with Crippen LogP contribution < -0.4 is 14.8 Å². The van der Waals surface area contributed by atoms with E-state index in [9.17, 15) is 4.79 Å². The quantitative estimate of drug-likeness (QED) is 0.810. The number of hydrogen-bond donors (Lipinski definition) is 1. The molecule has 0 aromatic heterocycles. The van der Waals surface area contributed by atoms with Crippen LogP contribution in [0.25, 0.3) is 0 Å². The number of amides is 1. The zero-order valence-electron chi connectivity index (χ0n) is 14.4. The van der Waals surface area contributed by atoms with Crippen molar-refractivity contribution in [3.63, 3.8) is 0 Å². The zero-order chi connectivity index (χ0) is 17.7. The minimum absolute atomic E-state index is 0.232. The maximum atomic E-state index is 12.7. The second-order valence-corrected chi connectivity index (χ2v) is 5.75. The molecule has 0 unspecified atom stereocenters. The van der Waals surface area contributed by atoms with Gasteiger partial charge in [-0.15, -0.1) is 0 Å². The Labute approximate surface area is 147 Å². The van der Waals surface area contributed by atoms with Crippen LogP contribution in [0.3, 0.4) is 0 Å². The molecule has 2 aromatic rings. The average molecular weight is 348 g/mol. The molecular weight excluding hydrogens is 326 g/mol. The minimum Gasteiger partial charge on any atom is -0.491 e. The standard InChI is InChI=1S/C19H22ClNO3/c1-5-13-9-7-8-12(3)17(13)21-19(22)14-10-15(20)18(23-4)16(11-14)24-6-2/h7-11H,5-6H2,1-4H3,(H,21,22). The van der Waals surface area contributed by atoms with Crippen LogP contribution in [-0.2, 0) is 6.42 Å². The molecular formula is C19H22ClNO3. The van der Waals surface area contributed by atoms with Crippen molar-refractivity contribution < 1.29 is 14.3 Å². The highest BCUT2D eigenvalue weighted by atomic mass is 35.5. The fourth-order valence-corrected chi connectivity index (χ4v) is 2.84. The van der Waals surface area contributed by atoms with E-state index in [1.807, 2.05) is 32.0 Å². The van der Waals surface area contributed by atoms with Crippen molar-refractivity contribution in [3.8, 4) is 11.5 Å². The number of methoxy groups -OCH3 is 1. The number of hydrogen-bond acceptors (Lipinski definition) is 3. The highest BCUT2D eigenvalue weighted by Gasteiger charge is 2.17. The molecule has 0 aliphatic carbocycles. The first-order valence-electron chi connectivity index (χ1n) is 7.91. The molecule has 4 nitrogen and oxygen atoms in total. The van der Waals surface area contributed by atoms with Crippen LogP contribution in [0.4, 0.5) is 5.69 Å². The predicted molar refractivity (Wildman–Crippen MR) is 97.7 cm³/mol. The van der Waals surface area contributed by atoms with E-state index in [0.717, 1.165) is 23.2 Å². The number of anilines is 1. The smallest absolute Gasteiger partial charge is 0.255 e. The second-order valence-electron chi connectivity index (χ2n) is 5.34. The van der Waals surface area contributed by atoms with Crippen molar-refractivity contribution in [3.05, 3.63) is 52.0 Å². The second kappa shape index (κ2) is 8.06. The van der Waals surface area contributed by atoms with E-state index in [0.29, 0.717) is 28.7 Å². The summed E-state index contributed by atoms with van der Waals surface area (Å²) in [4.78, 5) is 12.7. The summed E-state index contributed by atoms with van der Waals surface area (Å²) in [5.41, 5.74) is 3.38. The summed E-state index contributed by atoms with van der Waals surface area (Å²) in [5.74, 6) is 0.655. The predicted octanol–water partition coefficient (Wildman–Crippen LogP) is 4.87. The van der Waals surface area contributed by atoms with Crippen molar-refractivity contribution in [1.29, 1.82) is 0 Å². The molecule has 0 heterocycles. The molecule has 0 aliphatic rings. The van der Waals surface area contributed by atoms with Gasteiger partial charge < -0.3 is 14.8 Å². The Morgan fingerprint density at radius 3 is 2.62 bits per heavy atom. The third-order valence-electron chi connectivity index (χ3n) is 3.75. The first-order chi connectivity index (χ1) is 11.5. The third-order valence-corrected chi connectivity index (χ3v) is 4.03. The largest absolute Gasteiger partial charge is 0.491 e. The molecule has 0 fully saturated rings. The van der Waals surface area contributed by atoms with E-state index in [1.54, 1.807) is 12.1 Å². The number of carbonyl (C=O) groups is 1. The van der Waals surface area contributed by atoms with Crippen LogP contribution in [0.5, 0.6) is 11.5 Å². The summed E-state index contributed by atoms with van der Waals surface area (Å²) in [5, 5.41) is 3.33. The number of rotatable bonds is 6. The zero-order valence-corrected chi connectivity index (χ0v) is 15.2. The highest BCUT2D eigenvalue weighted by Crippen LogP contribution is 2.36. The van der Waals surface area contributed by atoms with E-state index in [4.69, 9.17) is 21.1 Å². The van der Waals surface area contributed by atoms with E-state index < -0.39 is 0 Å². The maximum absolute atomic E-state index is 12.7. The average Bonchev–Trinajstić information content (AvgIpc) is 2.56. The first-order valence-corrected chi connectivity index (χ1v) is 8.29. The van der Waals surface area contributed by atoms with Gasteiger partial charge in [0.15, 0.2) is 11.5 Å². The molecule has 128 valence electrons. The number of benzene rings is 2. The summed E-state index contributed by atoms with van der Waals surface area (Å²) in [6.07, 6.45) is 0.838. The summed E-state index contributed by atoms with van der Waals surface area (Å²) in [6.45, 7) is 6.35. The molecule has 2 rings (SSSR count). The van der Waals surface area contributed by atoms with E-state index in [2.05, 4.69) is 12.2 Å². The van der Waals surface area contributed by atoms with E-state index >= 15 is 0 Å². The topological polar surface area (TPSA) is 47.6 Å². The van der Waals surface area contributed by atoms with Crippen LogP contribution in [0, 0.1) is 6.92 Å². The van der Waals surface area contributed by atoms with Crippen molar-refractivity contribution in [2.45, 2.75) is 27.2 Å². The number of nitrogens with one attached hydrogen (secondary N) is 1. The number of carbonyl (C=O) groups excluding carboxylic acids is 1. The molecule has 0 atom stereocenters. The SMILES string of the molecule is CCOc1cc(C(=O)Nc2c(C)cccc2CC)cc(Cl)c1OC. The van der Waals surface area contributed by atoms with Gasteiger partial charge in [-0.25, -0.2) is 0 Å². The number of aryl methyl sites for hydroxylation is 2. The van der Waals surface area contributed by atoms with Gasteiger partial charge in [0.1, 0.15) is 0 Å². The maximum Gasteiger partial charge on any atom is 0.255 e. The summed E-state index contributed by atoms with van der Waals surface area (Å²) >= 11 is 6.22. The lowest BCUT2D eigenvalue weighted by Gasteiger charge is -2.15. The van der Waals surface area contributed by atoms with Crippen LogP contribution in [0.2, 0.25) is 5.02 Å². The van der Waals surface area contributed by atoms with Gasteiger partial charge in [-0.05, 0) is 43.5 Å². The molecule has 24 heavy (non-hydrogen) atoms. The summed E-state index contributed by atoms with van der Waals surface area (Å²) in [6, 6.07) is 9.20. The highest BCUT2D eigenvalue weighted by molar-refractivity contribution is 6.32. The van der Waals surface area contributed by atoms with E-state index in [1.165, 1.54) is 7.11 Å². The van der Waals surface area contributed by atoms with Crippen LogP contribution in [0.1, 0.15) is 35.3 Å². The lowest BCUT2D eigenvalue weighted by atomic mass is 10.1. The molecule has 0 saturated carbocycles. The van der Waals surface area contributed by atoms with Crippen molar-refractivity contribution >= 4 is 23.2 Å². The molecule has 0 aliphatic heterocycles. The number of para-hydroxylation sites is 1. The molecule has 0 spiro atoms. The summed E-state index contributed by atoms with van der Waals surface area (Å²) < 4.78 is 10.8. The summed E-state index contributed by atoms with van der Waals surface area (Å²) in [7, 11) is 1.52. The fraction of sp³-hybridized carbons (Fsp3) is 0.316. The number of ether oxygens (including phenoxy) is 2. The van der Waals surface area contributed by atoms with Gasteiger partial charge in [0.05, 0.1) is 18.7 Å². The van der Waals surface area contributed by atoms with Gasteiger partial charge in [-0.2, -0.15) is 0 Å². The van der Waals surface area contributed by atoms with E-state index in [-0.39, 0.29) is 5.91 Å². The van der Waals surface area contributed by atoms with Crippen molar-refractivity contribution in [1.82, 2.24) is 0 Å². The Balaban J connectivity index is 2.37. The van der Waals surface area contributed by atoms with Gasteiger partial charge in [0.25, 0.3) is 5.91 Å². The number of halogens is 1. The van der Waals surface area contributed by atoms with Gasteiger partial charge in [-0.1, -0.05) is 36.7 Å². The molecule has 2 aromatic carbocycles. The van der Waals surface area contributed by atoms with Crippen molar-refractivity contribution in [2.24, 2.45) is 0 Å². The molecule has 0 radical (unpaired) electrons. The Kier molecular flexibility index (Phi) is 6.10.